The van der Waals surface area contributed by atoms with Crippen molar-refractivity contribution in [3.8, 4) is 0 Å². The first-order valence-electron chi connectivity index (χ1n) is 9.53. The number of halogens is 1. The summed E-state index contributed by atoms with van der Waals surface area (Å²) in [5.41, 5.74) is 2.20. The molecule has 1 aromatic rings. The molecule has 5 nitrogen and oxygen atoms in total. The highest BCUT2D eigenvalue weighted by molar-refractivity contribution is 6.33. The van der Waals surface area contributed by atoms with E-state index >= 15 is 0 Å². The third-order valence-electron chi connectivity index (χ3n) is 6.56. The highest BCUT2D eigenvalue weighted by Crippen LogP contribution is 2.60. The van der Waals surface area contributed by atoms with Crippen LogP contribution in [0.3, 0.4) is 0 Å². The maximum absolute atomic E-state index is 11.9. The van der Waals surface area contributed by atoms with Crippen LogP contribution in [0.1, 0.15) is 44.1 Å². The fourth-order valence-corrected chi connectivity index (χ4v) is 6.05. The number of amides is 3. The Hall–Kier alpha value is -1.75. The number of hydrogen-bond donors (Lipinski definition) is 3. The van der Waals surface area contributed by atoms with Gasteiger partial charge in [-0.1, -0.05) is 17.7 Å². The maximum atomic E-state index is 11.9. The smallest absolute Gasteiger partial charge is 0.319 e. The van der Waals surface area contributed by atoms with Crippen molar-refractivity contribution in [1.29, 1.82) is 0 Å². The van der Waals surface area contributed by atoms with Gasteiger partial charge in [0.25, 0.3) is 0 Å². The van der Waals surface area contributed by atoms with E-state index in [1.807, 2.05) is 12.1 Å². The molecule has 4 fully saturated rings. The van der Waals surface area contributed by atoms with Crippen LogP contribution >= 0.6 is 11.6 Å². The molecule has 4 bridgehead atoms. The molecular formula is C20H26ClN3O2. The summed E-state index contributed by atoms with van der Waals surface area (Å²) in [6, 6.07) is 5.64. The average Bonchev–Trinajstić information content (AvgIpc) is 2.60. The molecule has 0 unspecified atom stereocenters. The van der Waals surface area contributed by atoms with Crippen molar-refractivity contribution in [2.24, 2.45) is 17.8 Å². The molecule has 6 heteroatoms. The minimum absolute atomic E-state index is 0.0642. The number of hydrogen-bond acceptors (Lipinski definition) is 2. The first-order chi connectivity index (χ1) is 12.5. The second-order valence-corrected chi connectivity index (χ2v) is 8.78. The van der Waals surface area contributed by atoms with Crippen LogP contribution in [-0.4, -0.2) is 25.5 Å². The van der Waals surface area contributed by atoms with Gasteiger partial charge in [-0.15, -0.1) is 0 Å². The fraction of sp³-hybridized carbons (Fsp3) is 0.600. The van der Waals surface area contributed by atoms with Crippen LogP contribution < -0.4 is 16.0 Å². The molecule has 0 spiro atoms. The largest absolute Gasteiger partial charge is 0.358 e. The van der Waals surface area contributed by atoms with E-state index in [1.54, 1.807) is 0 Å². The van der Waals surface area contributed by atoms with Gasteiger partial charge in [-0.2, -0.15) is 0 Å². The van der Waals surface area contributed by atoms with Crippen LogP contribution in [-0.2, 0) is 10.2 Å². The Morgan fingerprint density at radius 3 is 2.27 bits per heavy atom. The third kappa shape index (κ3) is 3.29. The van der Waals surface area contributed by atoms with Gasteiger partial charge in [0, 0.05) is 7.05 Å². The molecule has 26 heavy (non-hydrogen) atoms. The molecule has 0 heterocycles. The molecule has 0 aliphatic heterocycles. The third-order valence-corrected chi connectivity index (χ3v) is 6.87. The van der Waals surface area contributed by atoms with Crippen molar-refractivity contribution in [2.45, 2.75) is 43.9 Å². The van der Waals surface area contributed by atoms with E-state index in [-0.39, 0.29) is 12.5 Å². The number of likely N-dealkylation sites (N-methyl/N-ethyl adjacent to an activating group) is 1. The van der Waals surface area contributed by atoms with Gasteiger partial charge in [-0.25, -0.2) is 4.79 Å². The Morgan fingerprint density at radius 1 is 1.12 bits per heavy atom. The SMILES string of the molecule is CNC(=O)CNC(=O)Nc1ccc(C23CC4CC(CC(C4)C2)C3)cc1Cl. The van der Waals surface area contributed by atoms with Gasteiger partial charge in [0.15, 0.2) is 0 Å². The minimum Gasteiger partial charge on any atom is -0.358 e. The molecule has 3 N–H and O–H groups in total. The van der Waals surface area contributed by atoms with Crippen molar-refractivity contribution in [1.82, 2.24) is 10.6 Å². The quantitative estimate of drug-likeness (QED) is 0.751. The predicted molar refractivity (Wildman–Crippen MR) is 102 cm³/mol. The Labute approximate surface area is 159 Å². The van der Waals surface area contributed by atoms with E-state index in [2.05, 4.69) is 22.0 Å². The van der Waals surface area contributed by atoms with E-state index in [1.165, 1.54) is 51.1 Å². The molecule has 5 rings (SSSR count). The first kappa shape index (κ1) is 17.7. The molecule has 0 atom stereocenters. The highest BCUT2D eigenvalue weighted by atomic mass is 35.5. The fourth-order valence-electron chi connectivity index (χ4n) is 5.83. The number of carbonyl (C=O) groups is 2. The zero-order valence-corrected chi connectivity index (χ0v) is 15.9. The summed E-state index contributed by atoms with van der Waals surface area (Å²) < 4.78 is 0. The second kappa shape index (κ2) is 6.76. The molecule has 0 saturated heterocycles. The zero-order valence-electron chi connectivity index (χ0n) is 15.1. The summed E-state index contributed by atoms with van der Waals surface area (Å²) >= 11 is 6.48. The van der Waals surface area contributed by atoms with Crippen molar-refractivity contribution in [3.63, 3.8) is 0 Å². The van der Waals surface area contributed by atoms with Gasteiger partial charge in [0.2, 0.25) is 5.91 Å². The van der Waals surface area contributed by atoms with E-state index in [0.717, 1.165) is 17.8 Å². The van der Waals surface area contributed by atoms with E-state index < -0.39 is 6.03 Å². The Kier molecular flexibility index (Phi) is 4.59. The predicted octanol–water partition coefficient (Wildman–Crippen LogP) is 3.68. The maximum Gasteiger partial charge on any atom is 0.319 e. The normalized spacial score (nSPS) is 31.5. The molecule has 4 aliphatic carbocycles. The molecular weight excluding hydrogens is 350 g/mol. The van der Waals surface area contributed by atoms with Crippen LogP contribution in [0.5, 0.6) is 0 Å². The summed E-state index contributed by atoms with van der Waals surface area (Å²) in [7, 11) is 1.53. The van der Waals surface area contributed by atoms with Crippen LogP contribution in [0, 0.1) is 17.8 Å². The lowest BCUT2D eigenvalue weighted by Crippen LogP contribution is -2.48. The minimum atomic E-state index is -0.432. The Morgan fingerprint density at radius 2 is 1.73 bits per heavy atom. The van der Waals surface area contributed by atoms with Gasteiger partial charge in [0.05, 0.1) is 17.3 Å². The second-order valence-electron chi connectivity index (χ2n) is 8.37. The molecule has 3 amide bonds. The van der Waals surface area contributed by atoms with E-state index in [4.69, 9.17) is 11.6 Å². The number of urea groups is 1. The van der Waals surface area contributed by atoms with Gasteiger partial charge in [-0.05, 0) is 79.4 Å². The molecule has 140 valence electrons. The number of carbonyl (C=O) groups excluding carboxylic acids is 2. The van der Waals surface area contributed by atoms with Crippen molar-refractivity contribution < 1.29 is 9.59 Å². The van der Waals surface area contributed by atoms with E-state index in [0.29, 0.717) is 16.1 Å². The lowest BCUT2D eigenvalue weighted by atomic mass is 9.48. The van der Waals surface area contributed by atoms with E-state index in [9.17, 15) is 9.59 Å². The van der Waals surface area contributed by atoms with Crippen molar-refractivity contribution in [3.05, 3.63) is 28.8 Å². The molecule has 0 radical (unpaired) electrons. The zero-order chi connectivity index (χ0) is 18.3. The summed E-state index contributed by atoms with van der Waals surface area (Å²) in [4.78, 5) is 23.1. The monoisotopic (exact) mass is 375 g/mol. The van der Waals surface area contributed by atoms with Gasteiger partial charge < -0.3 is 16.0 Å². The standard InChI is InChI=1S/C20H26ClN3O2/c1-22-18(25)11-23-19(26)24-17-3-2-15(7-16(17)21)20-8-12-4-13(9-20)6-14(5-12)10-20/h2-3,7,12-14H,4-6,8-11H2,1H3,(H,22,25)(H2,23,24,26). The average molecular weight is 376 g/mol. The number of rotatable bonds is 4. The lowest BCUT2D eigenvalue weighted by Gasteiger charge is -2.57. The first-order valence-corrected chi connectivity index (χ1v) is 9.91. The van der Waals surface area contributed by atoms with Crippen LogP contribution in [0.25, 0.3) is 0 Å². The van der Waals surface area contributed by atoms with Gasteiger partial charge >= 0.3 is 6.03 Å². The van der Waals surface area contributed by atoms with Gasteiger partial charge in [-0.3, -0.25) is 4.79 Å². The van der Waals surface area contributed by atoms with Crippen LogP contribution in [0.4, 0.5) is 10.5 Å². The molecule has 0 aromatic heterocycles. The molecule has 4 saturated carbocycles. The lowest BCUT2D eigenvalue weighted by molar-refractivity contribution is -0.119. The molecule has 4 aliphatic rings. The molecule has 1 aromatic carbocycles. The summed E-state index contributed by atoms with van der Waals surface area (Å²) in [5, 5.41) is 8.26. The Balaban J connectivity index is 1.46. The summed E-state index contributed by atoms with van der Waals surface area (Å²) in [5.74, 6) is 2.40. The van der Waals surface area contributed by atoms with Crippen LogP contribution in [0.2, 0.25) is 5.02 Å². The number of anilines is 1. The highest BCUT2D eigenvalue weighted by Gasteiger charge is 2.51. The number of nitrogens with one attached hydrogen (secondary N) is 3. The van der Waals surface area contributed by atoms with Gasteiger partial charge in [0.1, 0.15) is 0 Å². The topological polar surface area (TPSA) is 70.2 Å². The Bertz CT molecular complexity index is 698. The number of benzene rings is 1. The summed E-state index contributed by atoms with van der Waals surface area (Å²) in [6.45, 7) is -0.0642. The van der Waals surface area contributed by atoms with Crippen molar-refractivity contribution in [2.75, 3.05) is 18.9 Å². The van der Waals surface area contributed by atoms with Crippen molar-refractivity contribution >= 4 is 29.2 Å². The van der Waals surface area contributed by atoms with Crippen LogP contribution in [0.15, 0.2) is 18.2 Å². The summed E-state index contributed by atoms with van der Waals surface area (Å²) in [6.07, 6.45) is 8.10.